The lowest BCUT2D eigenvalue weighted by atomic mass is 9.83. The molecular formula is C27H41NO6. The molecule has 1 amide bonds. The molecular weight excluding hydrogens is 434 g/mol. The molecule has 3 atom stereocenters. The zero-order chi connectivity index (χ0) is 24.4. The Labute approximate surface area is 203 Å². The molecule has 2 bridgehead atoms. The van der Waals surface area contributed by atoms with Crippen LogP contribution >= 0.6 is 0 Å². The summed E-state index contributed by atoms with van der Waals surface area (Å²) in [6, 6.07) is -0.722. The second-order valence-corrected chi connectivity index (χ2v) is 9.92. The highest BCUT2D eigenvalue weighted by Gasteiger charge is 2.48. The van der Waals surface area contributed by atoms with Gasteiger partial charge in [-0.05, 0) is 83.5 Å². The fourth-order valence-electron chi connectivity index (χ4n) is 5.35. The van der Waals surface area contributed by atoms with E-state index in [1.165, 1.54) is 4.90 Å². The smallest absolute Gasteiger partial charge is 0.328 e. The molecule has 190 valence electrons. The van der Waals surface area contributed by atoms with Gasteiger partial charge in [0.1, 0.15) is 17.4 Å². The van der Waals surface area contributed by atoms with Crippen molar-refractivity contribution in [2.75, 3.05) is 13.2 Å². The molecule has 3 aliphatic rings. The first-order chi connectivity index (χ1) is 16.5. The Bertz CT molecular complexity index is 762. The third-order valence-electron chi connectivity index (χ3n) is 7.46. The third kappa shape index (κ3) is 7.00. The van der Waals surface area contributed by atoms with Gasteiger partial charge >= 0.3 is 5.97 Å². The molecule has 3 unspecified atom stereocenters. The van der Waals surface area contributed by atoms with E-state index in [1.54, 1.807) is 0 Å². The zero-order valence-corrected chi connectivity index (χ0v) is 20.7. The summed E-state index contributed by atoms with van der Waals surface area (Å²) in [5.74, 6) is -1.33. The molecule has 0 aromatic heterocycles. The molecule has 0 spiro atoms. The van der Waals surface area contributed by atoms with Crippen LogP contribution < -0.4 is 0 Å². The van der Waals surface area contributed by atoms with Gasteiger partial charge < -0.3 is 14.4 Å². The molecule has 0 aromatic carbocycles. The number of carbonyl (C=O) groups is 4. The number of ether oxygens (including phenoxy) is 2. The highest BCUT2D eigenvalue weighted by molar-refractivity contribution is 6.39. The van der Waals surface area contributed by atoms with E-state index < -0.39 is 29.3 Å². The fraction of sp³-hybridized carbons (Fsp3) is 0.778. The number of rotatable bonds is 1. The molecule has 2 saturated heterocycles. The summed E-state index contributed by atoms with van der Waals surface area (Å²) in [6.07, 6.45) is 14.7. The molecule has 3 aliphatic heterocycles. The molecule has 0 aromatic rings. The van der Waals surface area contributed by atoms with Gasteiger partial charge in [0.05, 0.1) is 12.7 Å². The van der Waals surface area contributed by atoms with Gasteiger partial charge in [-0.3, -0.25) is 14.4 Å². The fourth-order valence-corrected chi connectivity index (χ4v) is 5.35. The van der Waals surface area contributed by atoms with E-state index in [9.17, 15) is 19.2 Å². The molecule has 34 heavy (non-hydrogen) atoms. The van der Waals surface area contributed by atoms with Gasteiger partial charge in [-0.1, -0.05) is 19.1 Å². The van der Waals surface area contributed by atoms with Crippen LogP contribution in [-0.2, 0) is 28.7 Å². The highest BCUT2D eigenvalue weighted by atomic mass is 16.5. The number of hydrogen-bond donors (Lipinski definition) is 0. The van der Waals surface area contributed by atoms with Gasteiger partial charge in [0.25, 0.3) is 11.7 Å². The number of esters is 1. The number of fused-ring (bicyclic) bond motifs is 3. The van der Waals surface area contributed by atoms with E-state index in [0.717, 1.165) is 51.4 Å². The van der Waals surface area contributed by atoms with E-state index >= 15 is 0 Å². The number of ketones is 2. The quantitative estimate of drug-likeness (QED) is 0.316. The lowest BCUT2D eigenvalue weighted by Gasteiger charge is -2.41. The predicted molar refractivity (Wildman–Crippen MR) is 128 cm³/mol. The summed E-state index contributed by atoms with van der Waals surface area (Å²) in [6.45, 7) is 2.51. The Hall–Kier alpha value is -2.02. The second kappa shape index (κ2) is 13.2. The van der Waals surface area contributed by atoms with Gasteiger partial charge in [0, 0.05) is 19.4 Å². The van der Waals surface area contributed by atoms with Gasteiger partial charge in [0.15, 0.2) is 0 Å². The number of hydrogen-bond acceptors (Lipinski definition) is 6. The topological polar surface area (TPSA) is 90.0 Å². The molecule has 0 N–H and O–H groups in total. The lowest BCUT2D eigenvalue weighted by Crippen LogP contribution is -2.57. The maximum absolute atomic E-state index is 13.5. The summed E-state index contributed by atoms with van der Waals surface area (Å²) >= 11 is 0. The number of Topliss-reactive ketones (excluding diaryl/α,β-unsaturated/α-hetero) is 2. The summed E-state index contributed by atoms with van der Waals surface area (Å²) in [5, 5.41) is 0. The Kier molecular flexibility index (Phi) is 10.3. The summed E-state index contributed by atoms with van der Waals surface area (Å²) in [5.41, 5.74) is -1.10. The SMILES string of the molecule is CCC12CCCC(CCCC=CCCC(=O)CCCCOC(=O)C3CCCCN3C(=O)C1=O)O2. The van der Waals surface area contributed by atoms with Crippen LogP contribution in [0.5, 0.6) is 0 Å². The van der Waals surface area contributed by atoms with Crippen LogP contribution in [0.3, 0.4) is 0 Å². The van der Waals surface area contributed by atoms with E-state index in [-0.39, 0.29) is 18.5 Å². The minimum Gasteiger partial charge on any atom is -0.464 e. The van der Waals surface area contributed by atoms with Crippen molar-refractivity contribution in [3.8, 4) is 0 Å². The van der Waals surface area contributed by atoms with Gasteiger partial charge in [0.2, 0.25) is 0 Å². The molecule has 7 nitrogen and oxygen atoms in total. The van der Waals surface area contributed by atoms with Crippen molar-refractivity contribution >= 4 is 23.4 Å². The van der Waals surface area contributed by atoms with Gasteiger partial charge in [-0.25, -0.2) is 4.79 Å². The number of allylic oxidation sites excluding steroid dienone is 2. The second-order valence-electron chi connectivity index (χ2n) is 9.92. The van der Waals surface area contributed by atoms with Crippen molar-refractivity contribution in [2.24, 2.45) is 0 Å². The van der Waals surface area contributed by atoms with Crippen molar-refractivity contribution in [1.29, 1.82) is 0 Å². The van der Waals surface area contributed by atoms with E-state index in [0.29, 0.717) is 51.5 Å². The van der Waals surface area contributed by atoms with Crippen LogP contribution in [0.1, 0.15) is 103 Å². The van der Waals surface area contributed by atoms with Crippen LogP contribution in [0, 0.1) is 0 Å². The monoisotopic (exact) mass is 475 g/mol. The summed E-state index contributed by atoms with van der Waals surface area (Å²) < 4.78 is 11.8. The average Bonchev–Trinajstić information content (AvgIpc) is 2.86. The van der Waals surface area contributed by atoms with Crippen molar-refractivity contribution in [3.05, 3.63) is 12.2 Å². The van der Waals surface area contributed by atoms with Crippen LogP contribution in [0.25, 0.3) is 0 Å². The van der Waals surface area contributed by atoms with Crippen molar-refractivity contribution in [1.82, 2.24) is 4.90 Å². The molecule has 0 radical (unpaired) electrons. The highest BCUT2D eigenvalue weighted by Crippen LogP contribution is 2.35. The Morgan fingerprint density at radius 1 is 0.912 bits per heavy atom. The first kappa shape index (κ1) is 26.6. The zero-order valence-electron chi connectivity index (χ0n) is 20.7. The van der Waals surface area contributed by atoms with Crippen LogP contribution in [0.4, 0.5) is 0 Å². The average molecular weight is 476 g/mol. The Balaban J connectivity index is 1.75. The summed E-state index contributed by atoms with van der Waals surface area (Å²) in [7, 11) is 0. The number of carbonyl (C=O) groups excluding carboxylic acids is 4. The molecule has 0 saturated carbocycles. The normalized spacial score (nSPS) is 31.4. The maximum Gasteiger partial charge on any atom is 0.328 e. The largest absolute Gasteiger partial charge is 0.464 e. The van der Waals surface area contributed by atoms with Crippen LogP contribution in [-0.4, -0.2) is 59.2 Å². The number of amides is 1. The Morgan fingerprint density at radius 2 is 1.71 bits per heavy atom. The van der Waals surface area contributed by atoms with Crippen LogP contribution in [0.15, 0.2) is 12.2 Å². The summed E-state index contributed by atoms with van der Waals surface area (Å²) in [4.78, 5) is 53.2. The first-order valence-electron chi connectivity index (χ1n) is 13.3. The van der Waals surface area contributed by atoms with Gasteiger partial charge in [-0.2, -0.15) is 0 Å². The number of nitrogens with zero attached hydrogens (tertiary/aromatic N) is 1. The van der Waals surface area contributed by atoms with Crippen molar-refractivity contribution in [2.45, 2.75) is 121 Å². The number of piperidine rings is 1. The molecule has 3 heterocycles. The van der Waals surface area contributed by atoms with Crippen LogP contribution in [0.2, 0.25) is 0 Å². The molecule has 0 aliphatic carbocycles. The van der Waals surface area contributed by atoms with E-state index in [4.69, 9.17) is 9.47 Å². The minimum atomic E-state index is -1.10. The minimum absolute atomic E-state index is 0.0448. The predicted octanol–water partition coefficient (Wildman–Crippen LogP) is 4.46. The standard InChI is InChI=1S/C27H41NO6/c1-2-27-18-12-16-22(34-27)15-7-5-3-4-6-13-21(29)14-9-11-20-33-26(32)23-17-8-10-19-28(23)25(31)24(27)30/h3-4,22-23H,2,5-20H2,1H3. The first-order valence-corrected chi connectivity index (χ1v) is 13.3. The lowest BCUT2D eigenvalue weighted by molar-refractivity contribution is -0.177. The van der Waals surface area contributed by atoms with Crippen molar-refractivity contribution in [3.63, 3.8) is 0 Å². The number of cyclic esters (lactones) is 1. The van der Waals surface area contributed by atoms with E-state index in [1.807, 2.05) is 6.92 Å². The third-order valence-corrected chi connectivity index (χ3v) is 7.46. The molecule has 7 heteroatoms. The maximum atomic E-state index is 13.5. The van der Waals surface area contributed by atoms with E-state index in [2.05, 4.69) is 12.2 Å². The van der Waals surface area contributed by atoms with Gasteiger partial charge in [-0.15, -0.1) is 0 Å². The molecule has 2 fully saturated rings. The van der Waals surface area contributed by atoms with Crippen molar-refractivity contribution < 1.29 is 28.7 Å². The Morgan fingerprint density at radius 3 is 2.53 bits per heavy atom. The molecule has 3 rings (SSSR count).